The summed E-state index contributed by atoms with van der Waals surface area (Å²) >= 11 is 8.17. The van der Waals surface area contributed by atoms with Gasteiger partial charge >= 0.3 is 54.1 Å². The SMILES string of the molecule is FC(F)(F)c1ccccc1CBr.N#Cc1nc2ccc(O)cc2s1.N#Cc1nc2ccc(OCc3ccccc3C(F)(F)F)cc2s1.O=C(O)[C@H]1CSC(c2nc3ccc(OCc4ccccc4C(F)(F)F)cc3s2)=N1.[I-].[Na+]. The number of halogens is 11. The number of aliphatic imine (C=N–C) groups is 1. The number of thioether (sulfide) groups is 1. The van der Waals surface area contributed by atoms with Crippen LogP contribution in [0.3, 0.4) is 0 Å². The predicted octanol–water partition coefficient (Wildman–Crippen LogP) is 9.09. The Morgan fingerprint density at radius 1 is 0.615 bits per heavy atom. The van der Waals surface area contributed by atoms with Crippen LogP contribution < -0.4 is 63.0 Å². The molecule has 0 spiro atoms. The molecule has 0 amide bonds. The van der Waals surface area contributed by atoms with Gasteiger partial charge in [-0.1, -0.05) is 70.5 Å². The van der Waals surface area contributed by atoms with Gasteiger partial charge in [0.05, 0.1) is 47.3 Å². The van der Waals surface area contributed by atoms with Crippen molar-refractivity contribution in [3.8, 4) is 29.4 Å². The van der Waals surface area contributed by atoms with Gasteiger partial charge in [-0.3, -0.25) is 4.99 Å². The van der Waals surface area contributed by atoms with Crippen LogP contribution >= 0.6 is 61.7 Å². The maximum atomic E-state index is 13.1. The molecular weight excluding hydrogens is 1310 g/mol. The van der Waals surface area contributed by atoms with Crippen LogP contribution in [0.15, 0.2) is 132 Å². The second-order valence-corrected chi connectivity index (χ2v) is 20.1. The molecule has 11 nitrogen and oxygen atoms in total. The number of thiazole rings is 3. The van der Waals surface area contributed by atoms with E-state index in [2.05, 4.69) is 35.9 Å². The Balaban J connectivity index is 0.000000203. The van der Waals surface area contributed by atoms with E-state index in [1.165, 1.54) is 88.2 Å². The summed E-state index contributed by atoms with van der Waals surface area (Å²) in [5.74, 6) is 0.462. The summed E-state index contributed by atoms with van der Waals surface area (Å²) in [5.41, 5.74) is 0.519. The van der Waals surface area contributed by atoms with E-state index in [1.54, 1.807) is 66.7 Å². The number of carboxylic acids is 1. The van der Waals surface area contributed by atoms with Crippen molar-refractivity contribution in [2.75, 3.05) is 5.75 Å². The zero-order valence-electron chi connectivity index (χ0n) is 39.6. The number of phenols is 1. The molecule has 27 heteroatoms. The van der Waals surface area contributed by atoms with Crippen LogP contribution in [-0.4, -0.2) is 48.0 Å². The molecule has 1 aliphatic rings. The number of rotatable bonds is 9. The third kappa shape index (κ3) is 17.0. The number of carboxylic acid groups (broad SMARTS) is 1. The van der Waals surface area contributed by atoms with E-state index in [0.717, 1.165) is 37.8 Å². The van der Waals surface area contributed by atoms with Gasteiger partial charge in [0.15, 0.2) is 16.1 Å². The topological polar surface area (TPSA) is 175 Å². The number of aromatic hydroxyl groups is 1. The maximum absolute atomic E-state index is 13.1. The van der Waals surface area contributed by atoms with Gasteiger partial charge in [-0.05, 0) is 78.4 Å². The van der Waals surface area contributed by atoms with E-state index in [9.17, 15) is 44.3 Å². The third-order valence-electron chi connectivity index (χ3n) is 10.3. The van der Waals surface area contributed by atoms with Crippen molar-refractivity contribution in [1.29, 1.82) is 10.5 Å². The maximum Gasteiger partial charge on any atom is 1.00 e. The molecule has 0 saturated carbocycles. The Morgan fingerprint density at radius 2 is 1.03 bits per heavy atom. The first-order chi connectivity index (χ1) is 36.1. The largest absolute Gasteiger partial charge is 1.00 e. The number of carbonyl (C=O) groups is 1. The van der Waals surface area contributed by atoms with Crippen molar-refractivity contribution in [1.82, 2.24) is 15.0 Å². The Labute approximate surface area is 500 Å². The van der Waals surface area contributed by atoms with Crippen LogP contribution in [-0.2, 0) is 41.9 Å². The predicted molar refractivity (Wildman–Crippen MR) is 276 cm³/mol. The average Bonchev–Trinajstić information content (AvgIpc) is 4.24. The van der Waals surface area contributed by atoms with Gasteiger partial charge in [0.2, 0.25) is 0 Å². The first kappa shape index (κ1) is 63.3. The quantitative estimate of drug-likeness (QED) is 0.0611. The summed E-state index contributed by atoms with van der Waals surface area (Å²) in [4.78, 5) is 27.8. The number of benzene rings is 6. The summed E-state index contributed by atoms with van der Waals surface area (Å²) < 4.78 is 128. The van der Waals surface area contributed by atoms with Crippen molar-refractivity contribution in [3.05, 3.63) is 176 Å². The van der Waals surface area contributed by atoms with Crippen LogP contribution in [0.4, 0.5) is 39.5 Å². The normalized spacial score (nSPS) is 12.9. The molecule has 2 N–H and O–H groups in total. The van der Waals surface area contributed by atoms with Gasteiger partial charge < -0.3 is 43.7 Å². The van der Waals surface area contributed by atoms with Gasteiger partial charge in [-0.15, -0.1) is 45.8 Å². The number of aliphatic carboxylic acids is 1. The Morgan fingerprint density at radius 3 is 1.45 bits per heavy atom. The van der Waals surface area contributed by atoms with Crippen LogP contribution in [0.25, 0.3) is 30.6 Å². The van der Waals surface area contributed by atoms with Crippen LogP contribution in [0.1, 0.15) is 48.4 Å². The number of hydrogen-bond acceptors (Lipinski definition) is 14. The van der Waals surface area contributed by atoms with Gasteiger partial charge in [0, 0.05) is 22.2 Å². The number of fused-ring (bicyclic) bond motifs is 3. The fourth-order valence-electron chi connectivity index (χ4n) is 6.79. The average molecular weight is 1340 g/mol. The molecule has 0 saturated heterocycles. The molecule has 3 aromatic heterocycles. The van der Waals surface area contributed by atoms with Crippen molar-refractivity contribution >= 4 is 103 Å². The Bertz CT molecular complexity index is 3660. The summed E-state index contributed by atoms with van der Waals surface area (Å²) in [5, 5.41) is 37.7. The molecule has 6 aromatic carbocycles. The molecular formula is C51H32BrF9IN6NaO5S4. The molecule has 0 unspecified atom stereocenters. The van der Waals surface area contributed by atoms with E-state index in [4.69, 9.17) is 30.2 Å². The third-order valence-corrected chi connectivity index (χ3v) is 15.0. The van der Waals surface area contributed by atoms with Crippen LogP contribution in [0.5, 0.6) is 17.2 Å². The minimum atomic E-state index is -4.44. The first-order valence-corrected chi connectivity index (χ1v) is 26.1. The molecule has 4 heterocycles. The number of nitriles is 2. The molecule has 1 aliphatic heterocycles. The summed E-state index contributed by atoms with van der Waals surface area (Å²) in [6.07, 6.45) is -13.1. The minimum Gasteiger partial charge on any atom is -1.00 e. The summed E-state index contributed by atoms with van der Waals surface area (Å²) in [7, 11) is 0. The molecule has 9 aromatic rings. The number of nitrogens with zero attached hydrogens (tertiary/aromatic N) is 6. The van der Waals surface area contributed by atoms with Gasteiger partial charge in [-0.25, -0.2) is 19.7 Å². The fourth-order valence-corrected chi connectivity index (χ4v) is 11.0. The van der Waals surface area contributed by atoms with E-state index in [-0.39, 0.29) is 94.5 Å². The number of hydrogen-bond donors (Lipinski definition) is 2. The monoisotopic (exact) mass is 1340 g/mol. The minimum absolute atomic E-state index is 0. The molecule has 398 valence electrons. The summed E-state index contributed by atoms with van der Waals surface area (Å²) in [6.45, 7) is -0.402. The van der Waals surface area contributed by atoms with Crippen molar-refractivity contribution < 1.29 is 118 Å². The molecule has 10 rings (SSSR count). The number of alkyl halides is 10. The number of aromatic nitrogens is 3. The fraction of sp³-hybridized carbons (Fsp3) is 0.157. The van der Waals surface area contributed by atoms with E-state index in [0.29, 0.717) is 48.4 Å². The van der Waals surface area contributed by atoms with Crippen LogP contribution in [0.2, 0.25) is 0 Å². The van der Waals surface area contributed by atoms with E-state index in [1.807, 2.05) is 12.1 Å². The molecule has 0 radical (unpaired) electrons. The summed E-state index contributed by atoms with van der Waals surface area (Å²) in [6, 6.07) is 34.2. The molecule has 78 heavy (non-hydrogen) atoms. The van der Waals surface area contributed by atoms with Gasteiger partial charge in [0.1, 0.15) is 52.7 Å². The van der Waals surface area contributed by atoms with E-state index < -0.39 is 47.2 Å². The van der Waals surface area contributed by atoms with Crippen molar-refractivity contribution in [2.24, 2.45) is 4.99 Å². The molecule has 0 bridgehead atoms. The number of phenolic OH excluding ortho intramolecular Hbond substituents is 1. The van der Waals surface area contributed by atoms with Crippen molar-refractivity contribution in [3.63, 3.8) is 0 Å². The number of ether oxygens (including phenoxy) is 2. The van der Waals surface area contributed by atoms with Crippen LogP contribution in [0, 0.1) is 22.7 Å². The molecule has 0 aliphatic carbocycles. The second-order valence-electron chi connectivity index (χ2n) is 15.5. The standard InChI is InChI=1S/C19H13F3N2O3S2.C16H9F3N2OS.C8H6BrF3.C8H4N2OS.HI.Na/c20-19(21,22)12-4-2-1-3-10(12)8-27-11-5-6-13-15(7-11)29-17(23-13)16-24-14(9-28-16)18(25)26;17-16(18,19)12-4-2-1-3-10(12)9-22-11-5-6-13-14(7-11)23-15(8-20)21-13;9-5-6-3-1-2-4-7(6)8(10,11)12;9-4-8-10-6-2-1-5(11)3-7(6)12-8;;/h1-7,14H,8-9H2,(H,25,26);1-7H,9H2;1-4H,5H2;1-3,11H;1H;/q;;;;;+1/p-1/t14-;;;;;/m1...../s1. The smallest absolute Gasteiger partial charge is 1.00 e. The Hall–Kier alpha value is -5.56. The second kappa shape index (κ2) is 28.0. The first-order valence-electron chi connectivity index (χ1n) is 21.5. The molecule has 1 atom stereocenters. The Kier molecular flexibility index (Phi) is 22.7. The zero-order chi connectivity index (χ0) is 54.8. The molecule has 0 fully saturated rings. The van der Waals surface area contributed by atoms with Gasteiger partial charge in [-0.2, -0.15) is 50.0 Å². The zero-order valence-corrected chi connectivity index (χ0v) is 48.6. The van der Waals surface area contributed by atoms with E-state index >= 15 is 0 Å². The van der Waals surface area contributed by atoms with Gasteiger partial charge in [0.25, 0.3) is 0 Å². The van der Waals surface area contributed by atoms with Crippen molar-refractivity contribution in [2.45, 2.75) is 43.1 Å².